The number of ether oxygens (including phenoxy) is 1. The van der Waals surface area contributed by atoms with Crippen LogP contribution in [0.25, 0.3) is 0 Å². The third kappa shape index (κ3) is 2.87. The molecule has 2 aromatic rings. The van der Waals surface area contributed by atoms with Crippen molar-refractivity contribution in [1.29, 1.82) is 0 Å². The van der Waals surface area contributed by atoms with Crippen LogP contribution < -0.4 is 5.73 Å². The van der Waals surface area contributed by atoms with Crippen LogP contribution in [0.5, 0.6) is 0 Å². The average molecular weight is 285 g/mol. The second kappa shape index (κ2) is 6.00. The summed E-state index contributed by atoms with van der Waals surface area (Å²) in [5.74, 6) is 0. The van der Waals surface area contributed by atoms with Crippen molar-refractivity contribution in [3.05, 3.63) is 52.3 Å². The van der Waals surface area contributed by atoms with Crippen LogP contribution >= 0.6 is 0 Å². The van der Waals surface area contributed by atoms with E-state index in [1.54, 1.807) is 0 Å². The van der Waals surface area contributed by atoms with Gasteiger partial charge in [0.05, 0.1) is 18.9 Å². The van der Waals surface area contributed by atoms with Crippen molar-refractivity contribution in [2.45, 2.75) is 52.5 Å². The predicted octanol–water partition coefficient (Wildman–Crippen LogP) is 2.74. The van der Waals surface area contributed by atoms with E-state index in [4.69, 9.17) is 10.5 Å². The van der Waals surface area contributed by atoms with Crippen molar-refractivity contribution in [1.82, 2.24) is 9.78 Å². The summed E-state index contributed by atoms with van der Waals surface area (Å²) in [4.78, 5) is 0. The second-order valence-electron chi connectivity index (χ2n) is 5.63. The molecular formula is C17H23N3O. The van der Waals surface area contributed by atoms with Crippen LogP contribution in [0, 0.1) is 0 Å². The maximum absolute atomic E-state index is 6.41. The van der Waals surface area contributed by atoms with Crippen LogP contribution in [0.2, 0.25) is 0 Å². The lowest BCUT2D eigenvalue weighted by Crippen LogP contribution is -2.16. The van der Waals surface area contributed by atoms with Gasteiger partial charge in [-0.1, -0.05) is 25.1 Å². The smallest absolute Gasteiger partial charge is 0.0725 e. The first-order valence-electron chi connectivity index (χ1n) is 7.71. The molecule has 1 aromatic carbocycles. The molecule has 112 valence electrons. The quantitative estimate of drug-likeness (QED) is 0.919. The molecule has 0 fully saturated rings. The van der Waals surface area contributed by atoms with Gasteiger partial charge in [-0.05, 0) is 36.1 Å². The van der Waals surface area contributed by atoms with Crippen LogP contribution in [-0.2, 0) is 37.3 Å². The summed E-state index contributed by atoms with van der Waals surface area (Å²) in [6.45, 7) is 6.58. The molecule has 3 rings (SSSR count). The van der Waals surface area contributed by atoms with Crippen molar-refractivity contribution in [3.8, 4) is 0 Å². The average Bonchev–Trinajstić information content (AvgIpc) is 3.12. The van der Waals surface area contributed by atoms with Crippen LogP contribution in [0.1, 0.15) is 48.0 Å². The number of hydrogen-bond acceptors (Lipinski definition) is 3. The molecular weight excluding hydrogens is 262 g/mol. The fraction of sp³-hybridized carbons (Fsp3) is 0.471. The van der Waals surface area contributed by atoms with Crippen LogP contribution in [0.4, 0.5) is 0 Å². The molecule has 0 radical (unpaired) electrons. The highest BCUT2D eigenvalue weighted by atomic mass is 16.5. The number of aromatic nitrogens is 2. The summed E-state index contributed by atoms with van der Waals surface area (Å²) in [6, 6.07) is 8.65. The molecule has 0 aliphatic carbocycles. The number of rotatable bonds is 5. The maximum Gasteiger partial charge on any atom is 0.0725 e. The van der Waals surface area contributed by atoms with Crippen LogP contribution in [0.3, 0.4) is 0 Å². The van der Waals surface area contributed by atoms with E-state index >= 15 is 0 Å². The minimum atomic E-state index is 0.00241. The first-order chi connectivity index (χ1) is 10.2. The Balaban J connectivity index is 1.79. The van der Waals surface area contributed by atoms with Gasteiger partial charge in [0.1, 0.15) is 0 Å². The van der Waals surface area contributed by atoms with Gasteiger partial charge in [0.15, 0.2) is 0 Å². The first-order valence-corrected chi connectivity index (χ1v) is 7.71. The Morgan fingerprint density at radius 1 is 1.24 bits per heavy atom. The number of hydrogen-bond donors (Lipinski definition) is 1. The van der Waals surface area contributed by atoms with E-state index in [-0.39, 0.29) is 6.04 Å². The van der Waals surface area contributed by atoms with Gasteiger partial charge in [-0.3, -0.25) is 4.68 Å². The lowest BCUT2D eigenvalue weighted by atomic mass is 9.98. The molecule has 4 heteroatoms. The molecule has 0 bridgehead atoms. The Hall–Kier alpha value is -1.65. The van der Waals surface area contributed by atoms with Gasteiger partial charge in [0.2, 0.25) is 0 Å². The van der Waals surface area contributed by atoms with Crippen LogP contribution in [0.15, 0.2) is 24.3 Å². The maximum atomic E-state index is 6.41. The lowest BCUT2D eigenvalue weighted by Gasteiger charge is -2.14. The highest BCUT2D eigenvalue weighted by molar-refractivity contribution is 5.35. The van der Waals surface area contributed by atoms with Gasteiger partial charge in [0, 0.05) is 24.7 Å². The van der Waals surface area contributed by atoms with E-state index < -0.39 is 0 Å². The molecule has 1 unspecified atom stereocenters. The van der Waals surface area contributed by atoms with Crippen LogP contribution in [-0.4, -0.2) is 9.78 Å². The molecule has 2 N–H and O–H groups in total. The number of nitrogens with two attached hydrogens (primary N) is 1. The molecule has 0 saturated heterocycles. The summed E-state index contributed by atoms with van der Waals surface area (Å²) in [5, 5.41) is 4.59. The van der Waals surface area contributed by atoms with E-state index in [2.05, 4.69) is 47.9 Å². The first kappa shape index (κ1) is 14.3. The van der Waals surface area contributed by atoms with Crippen molar-refractivity contribution in [2.75, 3.05) is 0 Å². The summed E-state index contributed by atoms with van der Waals surface area (Å²) < 4.78 is 7.53. The second-order valence-corrected chi connectivity index (χ2v) is 5.63. The number of aryl methyl sites for hydroxylation is 2. The van der Waals surface area contributed by atoms with Crippen molar-refractivity contribution in [2.24, 2.45) is 5.73 Å². The Morgan fingerprint density at radius 3 is 2.81 bits per heavy atom. The molecule has 0 amide bonds. The minimum Gasteiger partial charge on any atom is -0.372 e. The molecule has 21 heavy (non-hydrogen) atoms. The van der Waals surface area contributed by atoms with Crippen molar-refractivity contribution in [3.63, 3.8) is 0 Å². The SMILES string of the molecule is CCc1cc(CC(N)c2ccc3c(c2)COC3)n(CC)n1. The lowest BCUT2D eigenvalue weighted by molar-refractivity contribution is 0.134. The normalized spacial score (nSPS) is 15.2. The van der Waals surface area contributed by atoms with Gasteiger partial charge < -0.3 is 10.5 Å². The molecule has 1 aliphatic rings. The summed E-state index contributed by atoms with van der Waals surface area (Å²) >= 11 is 0. The zero-order valence-corrected chi connectivity index (χ0v) is 12.8. The standard InChI is InChI=1S/C17H23N3O/c1-3-15-8-16(20(4-2)19-15)9-17(18)12-5-6-13-10-21-11-14(13)7-12/h5-8,17H,3-4,9-11,18H2,1-2H3. The van der Waals surface area contributed by atoms with Gasteiger partial charge >= 0.3 is 0 Å². The monoisotopic (exact) mass is 285 g/mol. The fourth-order valence-corrected chi connectivity index (χ4v) is 2.89. The fourth-order valence-electron chi connectivity index (χ4n) is 2.89. The Labute approximate surface area is 125 Å². The predicted molar refractivity (Wildman–Crippen MR) is 82.8 cm³/mol. The third-order valence-corrected chi connectivity index (χ3v) is 4.18. The molecule has 2 heterocycles. The highest BCUT2D eigenvalue weighted by Crippen LogP contribution is 2.25. The van der Waals surface area contributed by atoms with E-state index in [1.807, 2.05) is 0 Å². The molecule has 1 atom stereocenters. The molecule has 0 saturated carbocycles. The van der Waals surface area contributed by atoms with Crippen molar-refractivity contribution >= 4 is 0 Å². The Morgan fingerprint density at radius 2 is 2.05 bits per heavy atom. The minimum absolute atomic E-state index is 0.00241. The topological polar surface area (TPSA) is 53.1 Å². The molecule has 0 spiro atoms. The largest absolute Gasteiger partial charge is 0.372 e. The summed E-state index contributed by atoms with van der Waals surface area (Å²) in [5.41, 5.74) is 12.5. The molecule has 1 aliphatic heterocycles. The number of nitrogens with zero attached hydrogens (tertiary/aromatic N) is 2. The van der Waals surface area contributed by atoms with E-state index in [9.17, 15) is 0 Å². The summed E-state index contributed by atoms with van der Waals surface area (Å²) in [7, 11) is 0. The Bertz CT molecular complexity index is 633. The zero-order chi connectivity index (χ0) is 14.8. The van der Waals surface area contributed by atoms with E-state index in [0.29, 0.717) is 6.61 Å². The van der Waals surface area contributed by atoms with Gasteiger partial charge in [-0.15, -0.1) is 0 Å². The third-order valence-electron chi connectivity index (χ3n) is 4.18. The number of benzene rings is 1. The Kier molecular flexibility index (Phi) is 4.08. The van der Waals surface area contributed by atoms with E-state index in [0.717, 1.165) is 31.7 Å². The molecule has 1 aromatic heterocycles. The van der Waals surface area contributed by atoms with Gasteiger partial charge in [0.25, 0.3) is 0 Å². The van der Waals surface area contributed by atoms with Crippen molar-refractivity contribution < 1.29 is 4.74 Å². The van der Waals surface area contributed by atoms with E-state index in [1.165, 1.54) is 22.4 Å². The van der Waals surface area contributed by atoms with Gasteiger partial charge in [-0.2, -0.15) is 5.10 Å². The zero-order valence-electron chi connectivity index (χ0n) is 12.8. The highest BCUT2D eigenvalue weighted by Gasteiger charge is 2.16. The number of fused-ring (bicyclic) bond motifs is 1. The molecule has 4 nitrogen and oxygen atoms in total. The summed E-state index contributed by atoms with van der Waals surface area (Å²) in [6.07, 6.45) is 1.78. The van der Waals surface area contributed by atoms with Gasteiger partial charge in [-0.25, -0.2) is 0 Å².